The minimum atomic E-state index is -0.357. The van der Waals surface area contributed by atoms with Crippen molar-refractivity contribution in [3.63, 3.8) is 0 Å². The second-order valence-electron chi connectivity index (χ2n) is 7.47. The Morgan fingerprint density at radius 2 is 1.83 bits per heavy atom. The van der Waals surface area contributed by atoms with E-state index in [1.54, 1.807) is 0 Å². The predicted octanol–water partition coefficient (Wildman–Crippen LogP) is 3.18. The van der Waals surface area contributed by atoms with Gasteiger partial charge in [-0.1, -0.05) is 48.9 Å². The van der Waals surface area contributed by atoms with E-state index in [2.05, 4.69) is 0 Å². The number of nitrogens with zero attached hydrogens (tertiary/aromatic N) is 2. The number of esters is 1. The van der Waals surface area contributed by atoms with Crippen LogP contribution in [0.5, 0.6) is 5.75 Å². The maximum absolute atomic E-state index is 13.5. The van der Waals surface area contributed by atoms with Gasteiger partial charge in [-0.15, -0.1) is 0 Å². The Kier molecular flexibility index (Phi) is 5.81. The van der Waals surface area contributed by atoms with Gasteiger partial charge >= 0.3 is 5.97 Å². The Morgan fingerprint density at radius 1 is 1.07 bits per heavy atom. The molecule has 0 unspecified atom stereocenters. The van der Waals surface area contributed by atoms with Crippen LogP contribution in [0, 0.1) is 0 Å². The van der Waals surface area contributed by atoms with Crippen molar-refractivity contribution in [1.82, 2.24) is 4.90 Å². The average molecular weight is 394 g/mol. The molecular formula is C23H26N2O4. The van der Waals surface area contributed by atoms with Gasteiger partial charge in [0.15, 0.2) is 0 Å². The highest BCUT2D eigenvalue weighted by atomic mass is 16.5. The summed E-state index contributed by atoms with van der Waals surface area (Å²) in [4.78, 5) is 29.5. The first-order valence-electron chi connectivity index (χ1n) is 10.1. The summed E-state index contributed by atoms with van der Waals surface area (Å²) in [5, 5.41) is 0. The zero-order valence-corrected chi connectivity index (χ0v) is 16.6. The van der Waals surface area contributed by atoms with Crippen molar-refractivity contribution in [3.05, 3.63) is 60.2 Å². The quantitative estimate of drug-likeness (QED) is 0.746. The number of anilines is 1. The van der Waals surface area contributed by atoms with Gasteiger partial charge in [0.2, 0.25) is 5.91 Å². The van der Waals surface area contributed by atoms with Gasteiger partial charge in [0.1, 0.15) is 18.4 Å². The van der Waals surface area contributed by atoms with E-state index in [4.69, 9.17) is 9.47 Å². The van der Waals surface area contributed by atoms with Gasteiger partial charge in [0.25, 0.3) is 0 Å². The number of methoxy groups -OCH3 is 1. The molecule has 6 heteroatoms. The van der Waals surface area contributed by atoms with E-state index in [1.807, 2.05) is 64.4 Å². The van der Waals surface area contributed by atoms with Crippen molar-refractivity contribution in [2.24, 2.45) is 0 Å². The Hall–Kier alpha value is -2.86. The summed E-state index contributed by atoms with van der Waals surface area (Å²) in [6.07, 6.45) is 2.67. The maximum atomic E-state index is 13.5. The molecule has 0 saturated carbocycles. The van der Waals surface area contributed by atoms with E-state index in [0.29, 0.717) is 18.9 Å². The largest absolute Gasteiger partial charge is 0.489 e. The fourth-order valence-electron chi connectivity index (χ4n) is 4.25. The second-order valence-corrected chi connectivity index (χ2v) is 7.47. The van der Waals surface area contributed by atoms with Crippen LogP contribution in [-0.4, -0.2) is 49.6 Å². The fourth-order valence-corrected chi connectivity index (χ4v) is 4.25. The van der Waals surface area contributed by atoms with Crippen molar-refractivity contribution >= 4 is 17.6 Å². The van der Waals surface area contributed by atoms with Crippen LogP contribution in [0.2, 0.25) is 0 Å². The number of para-hydroxylation sites is 2. The molecule has 2 atom stereocenters. The number of hydrogen-bond acceptors (Lipinski definition) is 5. The monoisotopic (exact) mass is 394 g/mol. The number of ether oxygens (including phenoxy) is 2. The van der Waals surface area contributed by atoms with Crippen LogP contribution in [0.4, 0.5) is 5.69 Å². The number of piperidine rings is 1. The van der Waals surface area contributed by atoms with Crippen LogP contribution < -0.4 is 9.64 Å². The Morgan fingerprint density at radius 3 is 2.62 bits per heavy atom. The molecule has 0 radical (unpaired) electrons. The van der Waals surface area contributed by atoms with Crippen molar-refractivity contribution < 1.29 is 19.1 Å². The van der Waals surface area contributed by atoms with Crippen molar-refractivity contribution in [3.8, 4) is 5.75 Å². The van der Waals surface area contributed by atoms with E-state index in [9.17, 15) is 9.59 Å². The normalized spacial score (nSPS) is 21.8. The molecule has 6 nitrogen and oxygen atoms in total. The highest BCUT2D eigenvalue weighted by Gasteiger charge is 2.37. The average Bonchev–Trinajstić information content (AvgIpc) is 2.78. The predicted molar refractivity (Wildman–Crippen MR) is 110 cm³/mol. The Balaban J connectivity index is 1.63. The first-order valence-corrected chi connectivity index (χ1v) is 10.1. The summed E-state index contributed by atoms with van der Waals surface area (Å²) in [5.41, 5.74) is 1.79. The first kappa shape index (κ1) is 19.5. The molecule has 29 heavy (non-hydrogen) atoms. The van der Waals surface area contributed by atoms with Gasteiger partial charge in [0.05, 0.1) is 25.4 Å². The highest BCUT2D eigenvalue weighted by molar-refractivity contribution is 5.97. The summed E-state index contributed by atoms with van der Waals surface area (Å²) < 4.78 is 10.9. The molecule has 2 aliphatic rings. The Bertz CT molecular complexity index is 870. The summed E-state index contributed by atoms with van der Waals surface area (Å²) in [7, 11) is 1.40. The molecule has 1 fully saturated rings. The van der Waals surface area contributed by atoms with Gasteiger partial charge < -0.3 is 9.47 Å². The van der Waals surface area contributed by atoms with Gasteiger partial charge in [-0.2, -0.15) is 0 Å². The number of fused-ring (bicyclic) bond motifs is 1. The number of carbonyl (C=O) groups is 2. The van der Waals surface area contributed by atoms with E-state index in [0.717, 1.165) is 30.5 Å². The molecule has 0 bridgehead atoms. The zero-order chi connectivity index (χ0) is 20.2. The molecule has 0 N–H and O–H groups in total. The van der Waals surface area contributed by atoms with Crippen LogP contribution in [-0.2, 0) is 14.3 Å². The fraction of sp³-hybridized carbons (Fsp3) is 0.391. The molecular weight excluding hydrogens is 368 g/mol. The number of carbonyl (C=O) groups excluding carboxylic acids is 2. The summed E-state index contributed by atoms with van der Waals surface area (Å²) in [5.74, 6) is 0.404. The molecule has 2 aliphatic heterocycles. The van der Waals surface area contributed by atoms with Crippen molar-refractivity contribution in [2.75, 3.05) is 31.7 Å². The van der Waals surface area contributed by atoms with Crippen LogP contribution in [0.15, 0.2) is 54.6 Å². The lowest BCUT2D eigenvalue weighted by atomic mass is 10.0. The molecule has 1 amide bonds. The minimum absolute atomic E-state index is 0.0367. The first-order chi connectivity index (χ1) is 14.2. The van der Waals surface area contributed by atoms with Gasteiger partial charge in [-0.05, 0) is 37.1 Å². The number of likely N-dealkylation sites (tertiary alicyclic amines) is 1. The summed E-state index contributed by atoms with van der Waals surface area (Å²) in [6.45, 7) is 1.29. The Labute approximate surface area is 171 Å². The van der Waals surface area contributed by atoms with Crippen molar-refractivity contribution in [1.29, 1.82) is 0 Å². The molecule has 1 saturated heterocycles. The molecule has 0 spiro atoms. The number of hydrogen-bond donors (Lipinski definition) is 0. The summed E-state index contributed by atoms with van der Waals surface area (Å²) in [6, 6.07) is 17.0. The van der Waals surface area contributed by atoms with Gasteiger partial charge in [0, 0.05) is 0 Å². The number of benzene rings is 2. The molecule has 2 aromatic carbocycles. The van der Waals surface area contributed by atoms with Crippen LogP contribution in [0.3, 0.4) is 0 Å². The lowest BCUT2D eigenvalue weighted by Crippen LogP contribution is -2.52. The third kappa shape index (κ3) is 3.98. The molecule has 2 heterocycles. The van der Waals surface area contributed by atoms with Crippen LogP contribution in [0.25, 0.3) is 0 Å². The SMILES string of the molecule is COC(=O)[C@H]1CCCCN1CC(=O)N1c2ccccc2OC[C@H]1c1ccccc1. The molecule has 0 aliphatic carbocycles. The zero-order valence-electron chi connectivity index (χ0n) is 16.6. The number of rotatable bonds is 4. The van der Waals surface area contributed by atoms with E-state index < -0.39 is 0 Å². The summed E-state index contributed by atoms with van der Waals surface area (Å²) >= 11 is 0. The molecule has 152 valence electrons. The topological polar surface area (TPSA) is 59.1 Å². The molecule has 0 aromatic heterocycles. The van der Waals surface area contributed by atoms with E-state index >= 15 is 0 Å². The molecule has 2 aromatic rings. The smallest absolute Gasteiger partial charge is 0.323 e. The maximum Gasteiger partial charge on any atom is 0.323 e. The third-order valence-corrected chi connectivity index (χ3v) is 5.71. The van der Waals surface area contributed by atoms with Crippen LogP contribution in [0.1, 0.15) is 30.9 Å². The van der Waals surface area contributed by atoms with Crippen LogP contribution >= 0.6 is 0 Å². The number of amides is 1. The lowest BCUT2D eigenvalue weighted by molar-refractivity contribution is -0.148. The van der Waals surface area contributed by atoms with E-state index in [1.165, 1.54) is 7.11 Å². The highest BCUT2D eigenvalue weighted by Crippen LogP contribution is 2.39. The van der Waals surface area contributed by atoms with Gasteiger partial charge in [-0.3, -0.25) is 19.4 Å². The second kappa shape index (κ2) is 8.66. The minimum Gasteiger partial charge on any atom is -0.489 e. The van der Waals surface area contributed by atoms with Crippen molar-refractivity contribution in [2.45, 2.75) is 31.3 Å². The third-order valence-electron chi connectivity index (χ3n) is 5.71. The molecule has 4 rings (SSSR count). The lowest BCUT2D eigenvalue weighted by Gasteiger charge is -2.40. The standard InChI is InChI=1S/C23H26N2O4/c1-28-23(27)19-12-7-8-14-24(19)15-22(26)25-18-11-5-6-13-21(18)29-16-20(25)17-9-3-2-4-10-17/h2-6,9-11,13,19-20H,7-8,12,14-16H2,1H3/t19-,20+/m1/s1. The van der Waals surface area contributed by atoms with E-state index in [-0.39, 0.29) is 30.5 Å². The van der Waals surface area contributed by atoms with Gasteiger partial charge in [-0.25, -0.2) is 0 Å².